The molecule has 4 heteroatoms. The van der Waals surface area contributed by atoms with E-state index in [1.807, 2.05) is 0 Å². The Balaban J connectivity index is 2.18. The predicted molar refractivity (Wildman–Crippen MR) is 66.2 cm³/mol. The average Bonchev–Trinajstić information content (AvgIpc) is 2.68. The molecule has 0 saturated carbocycles. The molecule has 0 aromatic carbocycles. The van der Waals surface area contributed by atoms with E-state index in [1.165, 1.54) is 6.42 Å². The summed E-state index contributed by atoms with van der Waals surface area (Å²) in [6, 6.07) is 0.405. The minimum Gasteiger partial charge on any atom is -0.355 e. The van der Waals surface area contributed by atoms with Crippen LogP contribution in [0.3, 0.4) is 0 Å². The van der Waals surface area contributed by atoms with Crippen LogP contribution in [0.5, 0.6) is 0 Å². The Morgan fingerprint density at radius 3 is 2.87 bits per heavy atom. The lowest BCUT2D eigenvalue weighted by Crippen LogP contribution is -2.38. The maximum atomic E-state index is 11.6. The molecule has 0 bridgehead atoms. The summed E-state index contributed by atoms with van der Waals surface area (Å²) in [7, 11) is 0. The number of hydrogen-bond acceptors (Lipinski definition) is 3. The molecule has 0 spiro atoms. The summed E-state index contributed by atoms with van der Waals surface area (Å²) in [4.78, 5) is 11.6. The molecule has 1 rings (SSSR count). The molecule has 1 aliphatic heterocycles. The van der Waals surface area contributed by atoms with E-state index in [0.29, 0.717) is 12.5 Å². The van der Waals surface area contributed by atoms with E-state index in [4.69, 9.17) is 0 Å². The molecule has 0 radical (unpaired) electrons. The lowest BCUT2D eigenvalue weighted by molar-refractivity contribution is -0.121. The molecule has 1 heterocycles. The van der Waals surface area contributed by atoms with Gasteiger partial charge in [0, 0.05) is 23.8 Å². The summed E-state index contributed by atoms with van der Waals surface area (Å²) in [5.74, 6) is 0.177. The zero-order valence-corrected chi connectivity index (χ0v) is 10.7. The van der Waals surface area contributed by atoms with Gasteiger partial charge in [0.25, 0.3) is 0 Å². The third-order valence-electron chi connectivity index (χ3n) is 2.86. The van der Waals surface area contributed by atoms with E-state index >= 15 is 0 Å². The van der Waals surface area contributed by atoms with Gasteiger partial charge < -0.3 is 10.6 Å². The zero-order chi connectivity index (χ0) is 11.3. The number of carbonyl (C=O) groups excluding carboxylic acids is 1. The highest BCUT2D eigenvalue weighted by atomic mass is 32.2. The Kier molecular flexibility index (Phi) is 4.93. The van der Waals surface area contributed by atoms with Crippen LogP contribution in [0.2, 0.25) is 0 Å². The molecule has 88 valence electrons. The molecule has 0 aromatic heterocycles. The molecule has 2 N–H and O–H groups in total. The zero-order valence-electron chi connectivity index (χ0n) is 9.93. The van der Waals surface area contributed by atoms with Crippen molar-refractivity contribution in [1.29, 1.82) is 0 Å². The molecule has 15 heavy (non-hydrogen) atoms. The molecule has 1 amide bonds. The normalized spacial score (nSPS) is 21.7. The van der Waals surface area contributed by atoms with Gasteiger partial charge in [-0.2, -0.15) is 11.8 Å². The Bertz CT molecular complexity index is 213. The molecule has 1 aliphatic rings. The highest BCUT2D eigenvalue weighted by Crippen LogP contribution is 2.19. The van der Waals surface area contributed by atoms with E-state index in [2.05, 4.69) is 30.7 Å². The first-order valence-corrected chi connectivity index (χ1v) is 6.81. The van der Waals surface area contributed by atoms with Gasteiger partial charge in [-0.3, -0.25) is 4.79 Å². The molecule has 0 aliphatic carbocycles. The molecule has 1 atom stereocenters. The van der Waals surface area contributed by atoms with Crippen LogP contribution in [0.4, 0.5) is 0 Å². The van der Waals surface area contributed by atoms with Gasteiger partial charge >= 0.3 is 0 Å². The number of hydrogen-bond donors (Lipinski definition) is 2. The fraction of sp³-hybridized carbons (Fsp3) is 0.909. The quantitative estimate of drug-likeness (QED) is 0.750. The van der Waals surface area contributed by atoms with Gasteiger partial charge in [-0.15, -0.1) is 0 Å². The first-order chi connectivity index (χ1) is 7.03. The number of nitrogens with one attached hydrogen (secondary N) is 2. The summed E-state index contributed by atoms with van der Waals surface area (Å²) in [6.07, 6.45) is 5.04. The van der Waals surface area contributed by atoms with Crippen molar-refractivity contribution in [2.45, 2.75) is 43.9 Å². The maximum Gasteiger partial charge on any atom is 0.221 e. The first-order valence-electron chi connectivity index (χ1n) is 5.59. The highest BCUT2D eigenvalue weighted by Gasteiger charge is 2.20. The van der Waals surface area contributed by atoms with Crippen molar-refractivity contribution in [2.24, 2.45) is 0 Å². The van der Waals surface area contributed by atoms with E-state index in [-0.39, 0.29) is 10.7 Å². The Hall–Kier alpha value is -0.220. The topological polar surface area (TPSA) is 41.1 Å². The maximum absolute atomic E-state index is 11.6. The molecule has 1 saturated heterocycles. The smallest absolute Gasteiger partial charge is 0.221 e. The van der Waals surface area contributed by atoms with E-state index < -0.39 is 0 Å². The van der Waals surface area contributed by atoms with Gasteiger partial charge in [0.2, 0.25) is 5.91 Å². The second kappa shape index (κ2) is 5.75. The summed E-state index contributed by atoms with van der Waals surface area (Å²) < 4.78 is 0.138. The van der Waals surface area contributed by atoms with E-state index in [9.17, 15) is 4.79 Å². The number of amides is 1. The lowest BCUT2D eigenvalue weighted by atomic mass is 10.1. The summed E-state index contributed by atoms with van der Waals surface area (Å²) in [5.41, 5.74) is 0. The van der Waals surface area contributed by atoms with Crippen LogP contribution in [0, 0.1) is 0 Å². The van der Waals surface area contributed by atoms with Crippen molar-refractivity contribution in [2.75, 3.05) is 19.3 Å². The lowest BCUT2D eigenvalue weighted by Gasteiger charge is -2.22. The van der Waals surface area contributed by atoms with Gasteiger partial charge in [-0.25, -0.2) is 0 Å². The SMILES string of the molecule is CSC(C)(C)CNC(=O)CC1CCCN1. The molecule has 1 unspecified atom stereocenters. The largest absolute Gasteiger partial charge is 0.355 e. The van der Waals surface area contributed by atoms with Crippen LogP contribution in [0.15, 0.2) is 0 Å². The second-order valence-electron chi connectivity index (χ2n) is 4.74. The minimum atomic E-state index is 0.138. The van der Waals surface area contributed by atoms with Gasteiger partial charge in [0.05, 0.1) is 0 Å². The monoisotopic (exact) mass is 230 g/mol. The van der Waals surface area contributed by atoms with Crippen LogP contribution in [0.25, 0.3) is 0 Å². The van der Waals surface area contributed by atoms with Crippen molar-refractivity contribution in [1.82, 2.24) is 10.6 Å². The highest BCUT2D eigenvalue weighted by molar-refractivity contribution is 7.99. The predicted octanol–water partition coefficient (Wildman–Crippen LogP) is 1.39. The third kappa shape index (κ3) is 4.89. The van der Waals surface area contributed by atoms with E-state index in [0.717, 1.165) is 19.5 Å². The van der Waals surface area contributed by atoms with Crippen molar-refractivity contribution < 1.29 is 4.79 Å². The summed E-state index contributed by atoms with van der Waals surface area (Å²) in [6.45, 7) is 6.10. The Labute approximate surface area is 96.8 Å². The fourth-order valence-electron chi connectivity index (χ4n) is 1.61. The van der Waals surface area contributed by atoms with Gasteiger partial charge in [0.15, 0.2) is 0 Å². The minimum absolute atomic E-state index is 0.138. The van der Waals surface area contributed by atoms with Crippen LogP contribution < -0.4 is 10.6 Å². The average molecular weight is 230 g/mol. The molecule has 3 nitrogen and oxygen atoms in total. The second-order valence-corrected chi connectivity index (χ2v) is 6.25. The molecular formula is C11H22N2OS. The molecular weight excluding hydrogens is 208 g/mol. The summed E-state index contributed by atoms with van der Waals surface area (Å²) in [5, 5.41) is 6.33. The Morgan fingerprint density at radius 2 is 2.33 bits per heavy atom. The van der Waals surface area contributed by atoms with Crippen molar-refractivity contribution >= 4 is 17.7 Å². The molecule has 0 aromatic rings. The van der Waals surface area contributed by atoms with Crippen molar-refractivity contribution in [3.63, 3.8) is 0 Å². The van der Waals surface area contributed by atoms with Crippen molar-refractivity contribution in [3.05, 3.63) is 0 Å². The van der Waals surface area contributed by atoms with Crippen LogP contribution in [-0.2, 0) is 4.79 Å². The number of thioether (sulfide) groups is 1. The van der Waals surface area contributed by atoms with Gasteiger partial charge in [0.1, 0.15) is 0 Å². The van der Waals surface area contributed by atoms with Crippen LogP contribution >= 0.6 is 11.8 Å². The number of rotatable bonds is 5. The van der Waals surface area contributed by atoms with E-state index in [1.54, 1.807) is 11.8 Å². The fourth-order valence-corrected chi connectivity index (χ4v) is 1.83. The van der Waals surface area contributed by atoms with Gasteiger partial charge in [-0.05, 0) is 39.5 Å². The van der Waals surface area contributed by atoms with Crippen LogP contribution in [-0.4, -0.2) is 36.0 Å². The molecule has 1 fully saturated rings. The van der Waals surface area contributed by atoms with Crippen LogP contribution in [0.1, 0.15) is 33.1 Å². The standard InChI is InChI=1S/C11H22N2OS/c1-11(2,15-3)8-13-10(14)7-9-5-4-6-12-9/h9,12H,4-8H2,1-3H3,(H,13,14). The van der Waals surface area contributed by atoms with Crippen molar-refractivity contribution in [3.8, 4) is 0 Å². The number of carbonyl (C=O) groups is 1. The first kappa shape index (κ1) is 12.8. The van der Waals surface area contributed by atoms with Gasteiger partial charge in [-0.1, -0.05) is 0 Å². The summed E-state index contributed by atoms with van der Waals surface area (Å²) >= 11 is 1.78. The third-order valence-corrected chi connectivity index (χ3v) is 4.11. The Morgan fingerprint density at radius 1 is 1.60 bits per heavy atom.